The monoisotopic (exact) mass is 346 g/mol. The smallest absolute Gasteiger partial charge is 0.330 e. The molecule has 142 valence electrons. The maximum Gasteiger partial charge on any atom is 0.330 e. The van der Waals surface area contributed by atoms with Gasteiger partial charge in [0, 0.05) is 6.08 Å². The first-order valence-corrected chi connectivity index (χ1v) is 9.69. The Balaban J connectivity index is 4.19. The normalized spacial score (nSPS) is 13.0. The van der Waals surface area contributed by atoms with Crippen molar-refractivity contribution in [1.82, 2.24) is 0 Å². The highest BCUT2D eigenvalue weighted by Crippen LogP contribution is 2.15. The molecule has 0 spiro atoms. The molecular formula is C23H38O2. The minimum absolute atomic E-state index is 0.214. The average Bonchev–Trinajstić information content (AvgIpc) is 2.53. The van der Waals surface area contributed by atoms with Crippen LogP contribution in [0, 0.1) is 0 Å². The molecule has 0 unspecified atom stereocenters. The third-order valence-electron chi connectivity index (χ3n) is 4.14. The lowest BCUT2D eigenvalue weighted by atomic mass is 10.0. The first-order valence-electron chi connectivity index (χ1n) is 9.69. The number of esters is 1. The topological polar surface area (TPSA) is 26.3 Å². The van der Waals surface area contributed by atoms with Crippen LogP contribution in [0.4, 0.5) is 0 Å². The van der Waals surface area contributed by atoms with Gasteiger partial charge in [0.05, 0.1) is 6.61 Å². The van der Waals surface area contributed by atoms with Crippen molar-refractivity contribution >= 4 is 5.97 Å². The summed E-state index contributed by atoms with van der Waals surface area (Å²) in [6.45, 7) is 13.1. The lowest BCUT2D eigenvalue weighted by Gasteiger charge is -2.04. The molecule has 0 bridgehead atoms. The van der Waals surface area contributed by atoms with Gasteiger partial charge in [-0.3, -0.25) is 0 Å². The van der Waals surface area contributed by atoms with Gasteiger partial charge in [-0.2, -0.15) is 0 Å². The zero-order chi connectivity index (χ0) is 19.1. The van der Waals surface area contributed by atoms with E-state index in [0.717, 1.165) is 50.5 Å². The molecule has 0 amide bonds. The van der Waals surface area contributed by atoms with Gasteiger partial charge in [-0.15, -0.1) is 0 Å². The van der Waals surface area contributed by atoms with Crippen LogP contribution in [0.3, 0.4) is 0 Å². The third kappa shape index (κ3) is 14.5. The van der Waals surface area contributed by atoms with Crippen LogP contribution in [0.1, 0.15) is 86.5 Å². The van der Waals surface area contributed by atoms with E-state index in [1.807, 2.05) is 6.92 Å². The van der Waals surface area contributed by atoms with E-state index in [2.05, 4.69) is 52.8 Å². The van der Waals surface area contributed by atoms with Crippen LogP contribution in [-0.2, 0) is 9.53 Å². The highest BCUT2D eigenvalue weighted by atomic mass is 16.5. The number of allylic oxidation sites excluding steroid dienone is 7. The van der Waals surface area contributed by atoms with Crippen molar-refractivity contribution in [3.63, 3.8) is 0 Å². The van der Waals surface area contributed by atoms with Crippen LogP contribution in [0.5, 0.6) is 0 Å². The quantitative estimate of drug-likeness (QED) is 0.214. The summed E-state index contributed by atoms with van der Waals surface area (Å²) in [4.78, 5) is 11.5. The Hall–Kier alpha value is -1.57. The Morgan fingerprint density at radius 3 is 1.80 bits per heavy atom. The summed E-state index contributed by atoms with van der Waals surface area (Å²) >= 11 is 0. The number of rotatable bonds is 12. The van der Waals surface area contributed by atoms with Crippen molar-refractivity contribution < 1.29 is 9.53 Å². The van der Waals surface area contributed by atoms with Crippen molar-refractivity contribution in [2.24, 2.45) is 0 Å². The van der Waals surface area contributed by atoms with E-state index in [1.54, 1.807) is 6.08 Å². The SMILES string of the molecule is CCOC(=O)C=C(CC)CC/C=C(\C)CC/C=C(\C)CCC=C(C)C. The summed E-state index contributed by atoms with van der Waals surface area (Å²) in [7, 11) is 0. The number of carbonyl (C=O) groups excluding carboxylic acids is 1. The van der Waals surface area contributed by atoms with Gasteiger partial charge < -0.3 is 4.74 Å². The molecule has 2 heteroatoms. The van der Waals surface area contributed by atoms with Crippen molar-refractivity contribution in [3.05, 3.63) is 46.6 Å². The molecule has 0 saturated carbocycles. The molecule has 0 heterocycles. The Labute approximate surface area is 155 Å². The van der Waals surface area contributed by atoms with Crippen LogP contribution in [0.15, 0.2) is 46.6 Å². The molecule has 0 aliphatic rings. The molecule has 0 aliphatic heterocycles. The minimum atomic E-state index is -0.214. The molecule has 0 atom stereocenters. The first-order chi connectivity index (χ1) is 11.9. The van der Waals surface area contributed by atoms with Crippen molar-refractivity contribution in [2.45, 2.75) is 86.5 Å². The number of ether oxygens (including phenoxy) is 1. The van der Waals surface area contributed by atoms with E-state index < -0.39 is 0 Å². The molecule has 2 nitrogen and oxygen atoms in total. The Morgan fingerprint density at radius 2 is 1.32 bits per heavy atom. The van der Waals surface area contributed by atoms with Gasteiger partial charge in [0.2, 0.25) is 0 Å². The first kappa shape index (κ1) is 23.4. The zero-order valence-electron chi connectivity index (χ0n) is 17.3. The predicted molar refractivity (Wildman–Crippen MR) is 110 cm³/mol. The lowest BCUT2D eigenvalue weighted by molar-refractivity contribution is -0.137. The molecule has 0 aromatic rings. The molecule has 0 rings (SSSR count). The molecular weight excluding hydrogens is 308 g/mol. The van der Waals surface area contributed by atoms with E-state index in [-0.39, 0.29) is 5.97 Å². The fourth-order valence-electron chi connectivity index (χ4n) is 2.54. The Morgan fingerprint density at radius 1 is 0.800 bits per heavy atom. The molecule has 0 radical (unpaired) electrons. The Bertz CT molecular complexity index is 500. The van der Waals surface area contributed by atoms with Crippen molar-refractivity contribution in [2.75, 3.05) is 6.61 Å². The van der Waals surface area contributed by atoms with Crippen molar-refractivity contribution in [1.29, 1.82) is 0 Å². The Kier molecular flexibility index (Phi) is 13.8. The summed E-state index contributed by atoms with van der Waals surface area (Å²) in [5.41, 5.74) is 5.48. The van der Waals surface area contributed by atoms with Crippen LogP contribution in [0.2, 0.25) is 0 Å². The standard InChI is InChI=1S/C23H38O2/c1-7-22(18-23(24)25-8-2)17-11-16-21(6)15-10-14-20(5)13-9-12-19(3)4/h12,14,16,18H,7-11,13,15,17H2,1-6H3/b20-14+,21-16+,22-18?. The van der Waals surface area contributed by atoms with E-state index in [0.29, 0.717) is 6.61 Å². The van der Waals surface area contributed by atoms with E-state index in [1.165, 1.54) is 16.7 Å². The second-order valence-electron chi connectivity index (χ2n) is 6.91. The maximum atomic E-state index is 11.5. The van der Waals surface area contributed by atoms with Gasteiger partial charge in [-0.25, -0.2) is 4.79 Å². The van der Waals surface area contributed by atoms with Gasteiger partial charge >= 0.3 is 5.97 Å². The molecule has 0 N–H and O–H groups in total. The van der Waals surface area contributed by atoms with Crippen LogP contribution in [-0.4, -0.2) is 12.6 Å². The summed E-state index contributed by atoms with van der Waals surface area (Å²) in [6, 6.07) is 0. The van der Waals surface area contributed by atoms with E-state index in [9.17, 15) is 4.79 Å². The van der Waals surface area contributed by atoms with Gasteiger partial charge in [0.25, 0.3) is 0 Å². The highest BCUT2D eigenvalue weighted by Gasteiger charge is 2.00. The van der Waals surface area contributed by atoms with Gasteiger partial charge in [-0.1, -0.05) is 47.4 Å². The fourth-order valence-corrected chi connectivity index (χ4v) is 2.54. The summed E-state index contributed by atoms with van der Waals surface area (Å²) in [5.74, 6) is -0.214. The van der Waals surface area contributed by atoms with Gasteiger partial charge in [0.15, 0.2) is 0 Å². The summed E-state index contributed by atoms with van der Waals surface area (Å²) < 4.78 is 4.98. The maximum absolute atomic E-state index is 11.5. The molecule has 0 aromatic carbocycles. The molecule has 0 aromatic heterocycles. The highest BCUT2D eigenvalue weighted by molar-refractivity contribution is 5.82. The number of hydrogen-bond acceptors (Lipinski definition) is 2. The fraction of sp³-hybridized carbons (Fsp3) is 0.609. The summed E-state index contributed by atoms with van der Waals surface area (Å²) in [6.07, 6.45) is 16.0. The molecule has 0 aliphatic carbocycles. The molecule has 0 saturated heterocycles. The second-order valence-corrected chi connectivity index (χ2v) is 6.91. The molecule has 0 fully saturated rings. The number of carbonyl (C=O) groups is 1. The predicted octanol–water partition coefficient (Wildman–Crippen LogP) is 7.09. The van der Waals surface area contributed by atoms with Crippen LogP contribution < -0.4 is 0 Å². The van der Waals surface area contributed by atoms with Crippen LogP contribution >= 0.6 is 0 Å². The van der Waals surface area contributed by atoms with Crippen LogP contribution in [0.25, 0.3) is 0 Å². The second kappa shape index (κ2) is 14.7. The number of hydrogen-bond donors (Lipinski definition) is 0. The zero-order valence-corrected chi connectivity index (χ0v) is 17.3. The lowest BCUT2D eigenvalue weighted by Crippen LogP contribution is -2.01. The van der Waals surface area contributed by atoms with Crippen molar-refractivity contribution in [3.8, 4) is 0 Å². The van der Waals surface area contributed by atoms with E-state index >= 15 is 0 Å². The largest absolute Gasteiger partial charge is 0.463 e. The third-order valence-corrected chi connectivity index (χ3v) is 4.14. The average molecular weight is 347 g/mol. The summed E-state index contributed by atoms with van der Waals surface area (Å²) in [5, 5.41) is 0. The minimum Gasteiger partial charge on any atom is -0.463 e. The van der Waals surface area contributed by atoms with E-state index in [4.69, 9.17) is 4.74 Å². The van der Waals surface area contributed by atoms with Gasteiger partial charge in [0.1, 0.15) is 0 Å². The molecule has 25 heavy (non-hydrogen) atoms. The van der Waals surface area contributed by atoms with Gasteiger partial charge in [-0.05, 0) is 79.6 Å².